The normalized spacial score (nSPS) is 35.7. The van der Waals surface area contributed by atoms with E-state index in [0.29, 0.717) is 32.2 Å². The Morgan fingerprint density at radius 2 is 2.07 bits per heavy atom. The van der Waals surface area contributed by atoms with Crippen LogP contribution < -0.4 is 0 Å². The lowest BCUT2D eigenvalue weighted by Gasteiger charge is -2.21. The lowest BCUT2D eigenvalue weighted by molar-refractivity contribution is -0.141. The fraction of sp³-hybridized carbons (Fsp3) is 0.889. The SMILES string of the molecule is O=C(O)[C@@H]1CC[C@H](N2CCCS2(=O)=O)C1. The van der Waals surface area contributed by atoms with E-state index in [1.165, 1.54) is 4.31 Å². The van der Waals surface area contributed by atoms with Crippen LogP contribution in [0.5, 0.6) is 0 Å². The molecule has 0 radical (unpaired) electrons. The van der Waals surface area contributed by atoms with Gasteiger partial charge in [-0.05, 0) is 25.7 Å². The Morgan fingerprint density at radius 1 is 1.33 bits per heavy atom. The second-order valence-corrected chi connectivity index (χ2v) is 6.32. The van der Waals surface area contributed by atoms with Crippen LogP contribution in [0.15, 0.2) is 0 Å². The number of hydrogen-bond donors (Lipinski definition) is 1. The molecule has 0 bridgehead atoms. The summed E-state index contributed by atoms with van der Waals surface area (Å²) in [5.74, 6) is -0.929. The maximum Gasteiger partial charge on any atom is 0.306 e. The first-order valence-electron chi connectivity index (χ1n) is 5.23. The van der Waals surface area contributed by atoms with Crippen molar-refractivity contribution < 1.29 is 18.3 Å². The molecule has 0 aromatic heterocycles. The largest absolute Gasteiger partial charge is 0.481 e. The number of carboxylic acid groups (broad SMARTS) is 1. The highest BCUT2D eigenvalue weighted by molar-refractivity contribution is 7.89. The van der Waals surface area contributed by atoms with Crippen LogP contribution >= 0.6 is 0 Å². The quantitative estimate of drug-likeness (QED) is 0.743. The summed E-state index contributed by atoms with van der Waals surface area (Å²) >= 11 is 0. The lowest BCUT2D eigenvalue weighted by atomic mass is 10.1. The number of nitrogens with zero attached hydrogens (tertiary/aromatic N) is 1. The van der Waals surface area contributed by atoms with E-state index in [1.807, 2.05) is 0 Å². The summed E-state index contributed by atoms with van der Waals surface area (Å²) in [6.07, 6.45) is 2.45. The maximum atomic E-state index is 11.6. The monoisotopic (exact) mass is 233 g/mol. The number of carboxylic acids is 1. The molecule has 0 spiro atoms. The van der Waals surface area contributed by atoms with E-state index in [9.17, 15) is 13.2 Å². The predicted molar refractivity (Wildman–Crippen MR) is 53.9 cm³/mol. The number of aliphatic carboxylic acids is 1. The zero-order valence-corrected chi connectivity index (χ0v) is 9.24. The Kier molecular flexibility index (Phi) is 2.72. The molecule has 1 aliphatic heterocycles. The highest BCUT2D eigenvalue weighted by Crippen LogP contribution is 2.33. The van der Waals surface area contributed by atoms with Crippen LogP contribution in [0.25, 0.3) is 0 Å². The molecule has 0 aromatic carbocycles. The average Bonchev–Trinajstić information content (AvgIpc) is 2.69. The Labute approximate surface area is 89.1 Å². The third-order valence-corrected chi connectivity index (χ3v) is 5.30. The molecule has 2 rings (SSSR count). The average molecular weight is 233 g/mol. The van der Waals surface area contributed by atoms with Crippen molar-refractivity contribution in [1.29, 1.82) is 0 Å². The zero-order valence-electron chi connectivity index (χ0n) is 8.42. The fourth-order valence-corrected chi connectivity index (χ4v) is 4.29. The van der Waals surface area contributed by atoms with Gasteiger partial charge in [0.1, 0.15) is 0 Å². The second-order valence-electron chi connectivity index (χ2n) is 4.28. The van der Waals surface area contributed by atoms with E-state index in [0.717, 1.165) is 0 Å². The topological polar surface area (TPSA) is 74.7 Å². The minimum Gasteiger partial charge on any atom is -0.481 e. The van der Waals surface area contributed by atoms with E-state index in [1.54, 1.807) is 0 Å². The summed E-state index contributed by atoms with van der Waals surface area (Å²) in [7, 11) is -3.08. The van der Waals surface area contributed by atoms with Gasteiger partial charge in [-0.3, -0.25) is 4.79 Å². The van der Waals surface area contributed by atoms with Crippen molar-refractivity contribution in [2.24, 2.45) is 5.92 Å². The highest BCUT2D eigenvalue weighted by Gasteiger charge is 2.40. The van der Waals surface area contributed by atoms with Crippen molar-refractivity contribution in [3.05, 3.63) is 0 Å². The van der Waals surface area contributed by atoms with Gasteiger partial charge in [-0.1, -0.05) is 0 Å². The summed E-state index contributed by atoms with van der Waals surface area (Å²) < 4.78 is 24.7. The van der Waals surface area contributed by atoms with Crippen molar-refractivity contribution in [3.8, 4) is 0 Å². The smallest absolute Gasteiger partial charge is 0.306 e. The van der Waals surface area contributed by atoms with Crippen LogP contribution in [-0.4, -0.2) is 42.1 Å². The fourth-order valence-electron chi connectivity index (χ4n) is 2.51. The van der Waals surface area contributed by atoms with Gasteiger partial charge < -0.3 is 5.11 Å². The Morgan fingerprint density at radius 3 is 2.53 bits per heavy atom. The standard InChI is InChI=1S/C9H15NO4S/c11-9(12)7-2-3-8(6-7)10-4-1-5-15(10,13)14/h7-8H,1-6H2,(H,11,12)/t7-,8+/m1/s1. The van der Waals surface area contributed by atoms with Crippen molar-refractivity contribution in [2.75, 3.05) is 12.3 Å². The molecule has 0 amide bonds. The molecule has 6 heteroatoms. The van der Waals surface area contributed by atoms with Gasteiger partial charge in [-0.2, -0.15) is 4.31 Å². The molecule has 2 aliphatic rings. The van der Waals surface area contributed by atoms with Gasteiger partial charge in [-0.15, -0.1) is 0 Å². The number of rotatable bonds is 2. The van der Waals surface area contributed by atoms with Gasteiger partial charge in [-0.25, -0.2) is 8.42 Å². The van der Waals surface area contributed by atoms with Crippen LogP contribution in [-0.2, 0) is 14.8 Å². The summed E-state index contributed by atoms with van der Waals surface area (Å²) in [6, 6.07) is -0.0707. The highest BCUT2D eigenvalue weighted by atomic mass is 32.2. The van der Waals surface area contributed by atoms with E-state index in [-0.39, 0.29) is 17.7 Å². The van der Waals surface area contributed by atoms with Crippen LogP contribution in [0.3, 0.4) is 0 Å². The van der Waals surface area contributed by atoms with E-state index >= 15 is 0 Å². The first-order chi connectivity index (χ1) is 7.00. The minimum atomic E-state index is -3.08. The molecule has 2 fully saturated rings. The molecule has 0 aromatic rings. The molecule has 2 atom stereocenters. The van der Waals surface area contributed by atoms with Gasteiger partial charge in [0.25, 0.3) is 0 Å². The Hall–Kier alpha value is -0.620. The molecule has 5 nitrogen and oxygen atoms in total. The van der Waals surface area contributed by atoms with Gasteiger partial charge in [0.15, 0.2) is 0 Å². The molecule has 15 heavy (non-hydrogen) atoms. The predicted octanol–water partition coefficient (Wildman–Crippen LogP) is 0.275. The molecule has 86 valence electrons. The summed E-state index contributed by atoms with van der Waals surface area (Å²) in [4.78, 5) is 10.8. The molecule has 1 saturated heterocycles. The first-order valence-corrected chi connectivity index (χ1v) is 6.84. The van der Waals surface area contributed by atoms with Gasteiger partial charge in [0.2, 0.25) is 10.0 Å². The van der Waals surface area contributed by atoms with Crippen molar-refractivity contribution in [1.82, 2.24) is 4.31 Å². The molecular formula is C9H15NO4S. The molecule has 1 N–H and O–H groups in total. The molecule has 1 heterocycles. The van der Waals surface area contributed by atoms with E-state index in [2.05, 4.69) is 0 Å². The third kappa shape index (κ3) is 2.01. The first kappa shape index (κ1) is 10.9. The Bertz CT molecular complexity index is 364. The van der Waals surface area contributed by atoms with E-state index in [4.69, 9.17) is 5.11 Å². The van der Waals surface area contributed by atoms with Crippen molar-refractivity contribution in [2.45, 2.75) is 31.7 Å². The maximum absolute atomic E-state index is 11.6. The molecule has 1 aliphatic carbocycles. The third-order valence-electron chi connectivity index (χ3n) is 3.30. The summed E-state index contributed by atoms with van der Waals surface area (Å²) in [5, 5.41) is 8.84. The Balaban J connectivity index is 2.05. The molecule has 1 saturated carbocycles. The number of sulfonamides is 1. The summed E-state index contributed by atoms with van der Waals surface area (Å²) in [6.45, 7) is 0.569. The van der Waals surface area contributed by atoms with Crippen LogP contribution in [0.2, 0.25) is 0 Å². The van der Waals surface area contributed by atoms with Crippen LogP contribution in [0.4, 0.5) is 0 Å². The zero-order chi connectivity index (χ0) is 11.1. The van der Waals surface area contributed by atoms with Crippen molar-refractivity contribution in [3.63, 3.8) is 0 Å². The second kappa shape index (κ2) is 3.75. The van der Waals surface area contributed by atoms with Gasteiger partial charge in [0.05, 0.1) is 11.7 Å². The summed E-state index contributed by atoms with van der Waals surface area (Å²) in [5.41, 5.74) is 0. The number of carbonyl (C=O) groups is 1. The van der Waals surface area contributed by atoms with Crippen LogP contribution in [0, 0.1) is 5.92 Å². The molecular weight excluding hydrogens is 218 g/mol. The van der Waals surface area contributed by atoms with Crippen molar-refractivity contribution >= 4 is 16.0 Å². The lowest BCUT2D eigenvalue weighted by Crippen LogP contribution is -2.35. The van der Waals surface area contributed by atoms with Gasteiger partial charge >= 0.3 is 5.97 Å². The molecule has 0 unspecified atom stereocenters. The number of hydrogen-bond acceptors (Lipinski definition) is 3. The van der Waals surface area contributed by atoms with Gasteiger partial charge in [0, 0.05) is 12.6 Å². The minimum absolute atomic E-state index is 0.0707. The van der Waals surface area contributed by atoms with E-state index < -0.39 is 16.0 Å². The van der Waals surface area contributed by atoms with Crippen LogP contribution in [0.1, 0.15) is 25.7 Å².